The first-order valence-electron chi connectivity index (χ1n) is 7.17. The molecule has 0 saturated heterocycles. The summed E-state index contributed by atoms with van der Waals surface area (Å²) in [5.41, 5.74) is -2.55. The lowest BCUT2D eigenvalue weighted by Gasteiger charge is -2.51. The summed E-state index contributed by atoms with van der Waals surface area (Å²) < 4.78 is 0. The number of carbonyl (C=O) groups is 1. The molecule has 0 aromatic carbocycles. The highest BCUT2D eigenvalue weighted by atomic mass is 17.1. The number of aliphatic hydroxyl groups is 1. The Hall–Kier alpha value is -0.450. The van der Waals surface area contributed by atoms with Gasteiger partial charge in [-0.2, -0.15) is 0 Å². The standard InChI is InChI=1S/C15H24O4/c1-12(2,17)15(19-18)7-10-13(3,8-11(15)16)5-9-6-14(9,10)4/h9-10,17-18H,5-8H2,1-4H3/t9-,10-,13-,14-,15-/m1/s1. The molecule has 3 aliphatic carbocycles. The van der Waals surface area contributed by atoms with Crippen LogP contribution in [0.1, 0.15) is 53.4 Å². The number of rotatable bonds is 2. The summed E-state index contributed by atoms with van der Waals surface area (Å²) >= 11 is 0. The molecule has 4 nitrogen and oxygen atoms in total. The average Bonchev–Trinajstić information content (AvgIpc) is 2.81. The van der Waals surface area contributed by atoms with Gasteiger partial charge in [0.1, 0.15) is 0 Å². The third kappa shape index (κ3) is 1.48. The first kappa shape index (κ1) is 13.5. The maximum Gasteiger partial charge on any atom is 0.189 e. The molecule has 0 aliphatic heterocycles. The van der Waals surface area contributed by atoms with Crippen LogP contribution in [-0.2, 0) is 9.68 Å². The number of hydrogen-bond donors (Lipinski definition) is 2. The van der Waals surface area contributed by atoms with Gasteiger partial charge in [-0.25, -0.2) is 4.89 Å². The molecule has 3 fully saturated rings. The molecule has 4 heteroatoms. The van der Waals surface area contributed by atoms with E-state index >= 15 is 0 Å². The third-order valence-corrected chi connectivity index (χ3v) is 6.46. The van der Waals surface area contributed by atoms with E-state index in [-0.39, 0.29) is 16.6 Å². The fraction of sp³-hybridized carbons (Fsp3) is 0.933. The van der Waals surface area contributed by atoms with Gasteiger partial charge in [0, 0.05) is 6.42 Å². The minimum Gasteiger partial charge on any atom is -0.387 e. The van der Waals surface area contributed by atoms with Crippen molar-refractivity contribution in [2.45, 2.75) is 64.6 Å². The van der Waals surface area contributed by atoms with Gasteiger partial charge in [-0.1, -0.05) is 13.8 Å². The zero-order chi connectivity index (χ0) is 14.3. The molecule has 3 saturated carbocycles. The van der Waals surface area contributed by atoms with Gasteiger partial charge in [-0.3, -0.25) is 10.1 Å². The van der Waals surface area contributed by atoms with Gasteiger partial charge in [0.25, 0.3) is 0 Å². The molecular formula is C15H24O4. The Balaban J connectivity index is 2.01. The molecule has 0 radical (unpaired) electrons. The average molecular weight is 268 g/mol. The Labute approximate surface area is 114 Å². The van der Waals surface area contributed by atoms with Crippen molar-refractivity contribution in [3.63, 3.8) is 0 Å². The molecule has 5 atom stereocenters. The second-order valence-electron chi connectivity index (χ2n) is 8.10. The second-order valence-corrected chi connectivity index (χ2v) is 8.10. The monoisotopic (exact) mass is 268 g/mol. The van der Waals surface area contributed by atoms with E-state index in [1.54, 1.807) is 13.8 Å². The molecule has 19 heavy (non-hydrogen) atoms. The van der Waals surface area contributed by atoms with Crippen LogP contribution in [0.3, 0.4) is 0 Å². The largest absolute Gasteiger partial charge is 0.387 e. The zero-order valence-corrected chi connectivity index (χ0v) is 12.2. The predicted octanol–water partition coefficient (Wildman–Crippen LogP) is 2.40. The summed E-state index contributed by atoms with van der Waals surface area (Å²) in [4.78, 5) is 17.1. The quantitative estimate of drug-likeness (QED) is 0.596. The van der Waals surface area contributed by atoms with Crippen molar-refractivity contribution in [3.05, 3.63) is 0 Å². The van der Waals surface area contributed by atoms with E-state index in [0.29, 0.717) is 24.7 Å². The molecule has 3 rings (SSSR count). The summed E-state index contributed by atoms with van der Waals surface area (Å²) in [6, 6.07) is 0. The summed E-state index contributed by atoms with van der Waals surface area (Å²) in [7, 11) is 0. The lowest BCUT2D eigenvalue weighted by atomic mass is 9.57. The van der Waals surface area contributed by atoms with Crippen molar-refractivity contribution < 1.29 is 20.0 Å². The van der Waals surface area contributed by atoms with Gasteiger partial charge in [-0.15, -0.1) is 0 Å². The Kier molecular flexibility index (Phi) is 2.43. The SMILES string of the molecule is CC(C)(O)[C@@]1(OO)C[C@@H]2[C@@](C)(CC1=O)C[C@@H]1C[C@]12C. The van der Waals surface area contributed by atoms with Crippen molar-refractivity contribution in [2.75, 3.05) is 0 Å². The third-order valence-electron chi connectivity index (χ3n) is 6.46. The summed E-state index contributed by atoms with van der Waals surface area (Å²) in [6.07, 6.45) is 3.12. The number of ketones is 1. The van der Waals surface area contributed by atoms with Crippen molar-refractivity contribution >= 4 is 5.78 Å². The molecule has 3 aliphatic rings. The van der Waals surface area contributed by atoms with E-state index in [1.807, 2.05) is 0 Å². The predicted molar refractivity (Wildman–Crippen MR) is 69.4 cm³/mol. The number of carbonyl (C=O) groups excluding carboxylic acids is 1. The Morgan fingerprint density at radius 3 is 2.42 bits per heavy atom. The Morgan fingerprint density at radius 1 is 1.26 bits per heavy atom. The van der Waals surface area contributed by atoms with Crippen LogP contribution in [0.25, 0.3) is 0 Å². The van der Waals surface area contributed by atoms with Crippen LogP contribution in [-0.4, -0.2) is 27.3 Å². The maximum absolute atomic E-state index is 12.5. The van der Waals surface area contributed by atoms with Crippen LogP contribution in [0, 0.1) is 22.7 Å². The number of hydrogen-bond acceptors (Lipinski definition) is 4. The summed E-state index contributed by atoms with van der Waals surface area (Å²) in [5.74, 6) is 0.874. The molecule has 0 unspecified atom stereocenters. The van der Waals surface area contributed by atoms with E-state index in [9.17, 15) is 15.2 Å². The van der Waals surface area contributed by atoms with Crippen LogP contribution in [0.2, 0.25) is 0 Å². The molecule has 0 heterocycles. The van der Waals surface area contributed by atoms with Gasteiger partial charge >= 0.3 is 0 Å². The van der Waals surface area contributed by atoms with E-state index in [4.69, 9.17) is 0 Å². The highest BCUT2D eigenvalue weighted by Crippen LogP contribution is 2.76. The first-order chi connectivity index (χ1) is 8.59. The van der Waals surface area contributed by atoms with Gasteiger partial charge < -0.3 is 5.11 Å². The maximum atomic E-state index is 12.5. The topological polar surface area (TPSA) is 66.8 Å². The molecule has 0 bridgehead atoms. The van der Waals surface area contributed by atoms with Crippen LogP contribution >= 0.6 is 0 Å². The Bertz CT molecular complexity index is 440. The van der Waals surface area contributed by atoms with Gasteiger partial charge in [0.05, 0.1) is 5.60 Å². The lowest BCUT2D eigenvalue weighted by Crippen LogP contribution is -2.63. The second kappa shape index (κ2) is 3.41. The van der Waals surface area contributed by atoms with Crippen molar-refractivity contribution in [1.82, 2.24) is 0 Å². The number of fused-ring (bicyclic) bond motifs is 3. The first-order valence-corrected chi connectivity index (χ1v) is 7.17. The van der Waals surface area contributed by atoms with Crippen LogP contribution in [0.4, 0.5) is 0 Å². The molecule has 0 spiro atoms. The van der Waals surface area contributed by atoms with E-state index < -0.39 is 11.2 Å². The van der Waals surface area contributed by atoms with Gasteiger partial charge in [0.15, 0.2) is 11.4 Å². The summed E-state index contributed by atoms with van der Waals surface area (Å²) in [6.45, 7) is 7.55. The van der Waals surface area contributed by atoms with Crippen molar-refractivity contribution in [2.24, 2.45) is 22.7 Å². The fourth-order valence-electron chi connectivity index (χ4n) is 5.08. The normalized spacial score (nSPS) is 52.8. The van der Waals surface area contributed by atoms with Gasteiger partial charge in [0.2, 0.25) is 0 Å². The molecule has 0 aromatic heterocycles. The number of Topliss-reactive ketones (excluding diaryl/α,β-unsaturated/α-hetero) is 1. The van der Waals surface area contributed by atoms with Crippen LogP contribution in [0.5, 0.6) is 0 Å². The highest BCUT2D eigenvalue weighted by molar-refractivity contribution is 5.90. The van der Waals surface area contributed by atoms with E-state index in [2.05, 4.69) is 18.7 Å². The molecule has 0 aromatic rings. The lowest BCUT2D eigenvalue weighted by molar-refractivity contribution is -0.355. The minimum atomic E-state index is -1.46. The molecular weight excluding hydrogens is 244 g/mol. The van der Waals surface area contributed by atoms with Crippen molar-refractivity contribution in [1.29, 1.82) is 0 Å². The highest BCUT2D eigenvalue weighted by Gasteiger charge is 2.73. The van der Waals surface area contributed by atoms with Crippen molar-refractivity contribution in [3.8, 4) is 0 Å². The Morgan fingerprint density at radius 2 is 1.89 bits per heavy atom. The van der Waals surface area contributed by atoms with Crippen LogP contribution < -0.4 is 0 Å². The summed E-state index contributed by atoms with van der Waals surface area (Å²) in [5, 5.41) is 19.7. The fourth-order valence-corrected chi connectivity index (χ4v) is 5.08. The molecule has 108 valence electrons. The van der Waals surface area contributed by atoms with Crippen LogP contribution in [0.15, 0.2) is 0 Å². The smallest absolute Gasteiger partial charge is 0.189 e. The molecule has 0 amide bonds. The van der Waals surface area contributed by atoms with E-state index in [0.717, 1.165) is 6.42 Å². The molecule has 2 N–H and O–H groups in total. The minimum absolute atomic E-state index is 0.0159. The zero-order valence-electron chi connectivity index (χ0n) is 12.2. The van der Waals surface area contributed by atoms with E-state index in [1.165, 1.54) is 6.42 Å². The van der Waals surface area contributed by atoms with Gasteiger partial charge in [-0.05, 0) is 55.8 Å².